The van der Waals surface area contributed by atoms with Crippen LogP contribution in [0.3, 0.4) is 0 Å². The quantitative estimate of drug-likeness (QED) is 0.471. The van der Waals surface area contributed by atoms with Gasteiger partial charge in [0.2, 0.25) is 5.91 Å². The van der Waals surface area contributed by atoms with Crippen LogP contribution >= 0.6 is 0 Å². The summed E-state index contributed by atoms with van der Waals surface area (Å²) in [6, 6.07) is 8.74. The molecule has 1 aromatic rings. The molecule has 2 heterocycles. The van der Waals surface area contributed by atoms with Crippen molar-refractivity contribution in [2.24, 2.45) is 0 Å². The Morgan fingerprint density at radius 3 is 2.71 bits per heavy atom. The van der Waals surface area contributed by atoms with Crippen LogP contribution in [0.25, 0.3) is 0 Å². The standard InChI is InChI=1S/C23H35N3O2/c1-3-6-19(24)17-21-10-13-23(27)26(21)20-8-11-22(12-9-20)28-16-5-15-25-14-4-7-18(25)2/h8-9,11-12,18,21,24H,3-7,10,13-17H2,1-2H3/t18-,21?/m0/s1. The monoisotopic (exact) mass is 385 g/mol. The molecule has 1 unspecified atom stereocenters. The average molecular weight is 386 g/mol. The number of benzene rings is 1. The second-order valence-corrected chi connectivity index (χ2v) is 8.24. The van der Waals surface area contributed by atoms with Gasteiger partial charge in [-0.2, -0.15) is 0 Å². The van der Waals surface area contributed by atoms with Crippen molar-refractivity contribution >= 4 is 17.3 Å². The highest BCUT2D eigenvalue weighted by molar-refractivity contribution is 5.97. The van der Waals surface area contributed by atoms with E-state index in [9.17, 15) is 4.79 Å². The lowest BCUT2D eigenvalue weighted by molar-refractivity contribution is -0.117. The zero-order valence-corrected chi connectivity index (χ0v) is 17.5. The molecule has 154 valence electrons. The van der Waals surface area contributed by atoms with Crippen LogP contribution in [0, 0.1) is 5.41 Å². The normalized spacial score (nSPS) is 22.8. The fraction of sp³-hybridized carbons (Fsp3) is 0.652. The topological polar surface area (TPSA) is 56.6 Å². The molecule has 0 saturated carbocycles. The Balaban J connectivity index is 1.49. The first-order chi connectivity index (χ1) is 13.6. The van der Waals surface area contributed by atoms with Crippen LogP contribution in [0.2, 0.25) is 0 Å². The van der Waals surface area contributed by atoms with Crippen molar-refractivity contribution in [3.05, 3.63) is 24.3 Å². The van der Waals surface area contributed by atoms with Crippen LogP contribution in [0.15, 0.2) is 24.3 Å². The van der Waals surface area contributed by atoms with E-state index in [1.165, 1.54) is 19.4 Å². The molecule has 2 aliphatic rings. The minimum Gasteiger partial charge on any atom is -0.494 e. The van der Waals surface area contributed by atoms with Crippen LogP contribution in [0.4, 0.5) is 5.69 Å². The lowest BCUT2D eigenvalue weighted by atomic mass is 10.0. The van der Waals surface area contributed by atoms with Gasteiger partial charge in [-0.1, -0.05) is 13.3 Å². The number of ether oxygens (including phenoxy) is 1. The van der Waals surface area contributed by atoms with Crippen molar-refractivity contribution in [1.29, 1.82) is 5.41 Å². The number of likely N-dealkylation sites (tertiary alicyclic amines) is 1. The van der Waals surface area contributed by atoms with Crippen molar-refractivity contribution in [1.82, 2.24) is 4.90 Å². The molecule has 2 fully saturated rings. The highest BCUT2D eigenvalue weighted by Gasteiger charge is 2.32. The molecule has 0 radical (unpaired) electrons. The molecule has 2 aliphatic heterocycles. The van der Waals surface area contributed by atoms with Gasteiger partial charge >= 0.3 is 0 Å². The van der Waals surface area contributed by atoms with Gasteiger partial charge in [-0.3, -0.25) is 4.79 Å². The molecular formula is C23H35N3O2. The highest BCUT2D eigenvalue weighted by Crippen LogP contribution is 2.30. The molecule has 2 saturated heterocycles. The Morgan fingerprint density at radius 2 is 2.04 bits per heavy atom. The molecule has 28 heavy (non-hydrogen) atoms. The molecule has 0 aliphatic carbocycles. The van der Waals surface area contributed by atoms with Crippen LogP contribution < -0.4 is 9.64 Å². The lowest BCUT2D eigenvalue weighted by Gasteiger charge is -2.25. The van der Waals surface area contributed by atoms with Crippen molar-refractivity contribution in [2.75, 3.05) is 24.6 Å². The Morgan fingerprint density at radius 1 is 1.25 bits per heavy atom. The number of nitrogens with one attached hydrogen (secondary N) is 1. The van der Waals surface area contributed by atoms with E-state index in [-0.39, 0.29) is 11.9 Å². The largest absolute Gasteiger partial charge is 0.494 e. The van der Waals surface area contributed by atoms with Crippen LogP contribution in [-0.4, -0.2) is 48.3 Å². The van der Waals surface area contributed by atoms with Crippen molar-refractivity contribution in [3.63, 3.8) is 0 Å². The molecule has 1 amide bonds. The molecular weight excluding hydrogens is 350 g/mol. The summed E-state index contributed by atoms with van der Waals surface area (Å²) in [5, 5.41) is 8.11. The third-order valence-electron chi connectivity index (χ3n) is 6.02. The molecule has 0 bridgehead atoms. The molecule has 5 nitrogen and oxygen atoms in total. The lowest BCUT2D eigenvalue weighted by Crippen LogP contribution is -2.34. The molecule has 2 atom stereocenters. The number of carbonyl (C=O) groups excluding carboxylic acids is 1. The fourth-order valence-corrected chi connectivity index (χ4v) is 4.47. The van der Waals surface area contributed by atoms with E-state index in [0.717, 1.165) is 56.0 Å². The summed E-state index contributed by atoms with van der Waals surface area (Å²) in [7, 11) is 0. The van der Waals surface area contributed by atoms with E-state index < -0.39 is 0 Å². The second kappa shape index (κ2) is 10.1. The van der Waals surface area contributed by atoms with E-state index in [0.29, 0.717) is 18.9 Å². The molecule has 0 spiro atoms. The van der Waals surface area contributed by atoms with Gasteiger partial charge in [-0.25, -0.2) is 0 Å². The number of anilines is 1. The van der Waals surface area contributed by atoms with Gasteiger partial charge in [0, 0.05) is 42.9 Å². The number of amides is 1. The second-order valence-electron chi connectivity index (χ2n) is 8.24. The summed E-state index contributed by atoms with van der Waals surface area (Å²) in [4.78, 5) is 16.8. The summed E-state index contributed by atoms with van der Waals surface area (Å²) >= 11 is 0. The first kappa shape index (κ1) is 20.8. The molecule has 0 aromatic heterocycles. The van der Waals surface area contributed by atoms with Gasteiger partial charge in [0.1, 0.15) is 5.75 Å². The maximum atomic E-state index is 12.4. The smallest absolute Gasteiger partial charge is 0.227 e. The van der Waals surface area contributed by atoms with Gasteiger partial charge in [-0.15, -0.1) is 0 Å². The minimum absolute atomic E-state index is 0.126. The van der Waals surface area contributed by atoms with Gasteiger partial charge in [-0.05, 0) is 69.8 Å². The van der Waals surface area contributed by atoms with Gasteiger partial charge in [0.15, 0.2) is 0 Å². The Hall–Kier alpha value is -1.88. The Bertz CT molecular complexity index is 658. The van der Waals surface area contributed by atoms with Crippen molar-refractivity contribution in [2.45, 2.75) is 77.3 Å². The number of nitrogens with zero attached hydrogens (tertiary/aromatic N) is 2. The predicted octanol–water partition coefficient (Wildman–Crippen LogP) is 4.65. The van der Waals surface area contributed by atoms with E-state index >= 15 is 0 Å². The van der Waals surface area contributed by atoms with Crippen LogP contribution in [0.1, 0.15) is 65.2 Å². The first-order valence-corrected chi connectivity index (χ1v) is 10.9. The SMILES string of the molecule is CCCC(=N)CC1CCC(=O)N1c1ccc(OCCCN2CCC[C@@H]2C)cc1. The Kier molecular flexibility index (Phi) is 7.49. The Labute approximate surface area is 169 Å². The fourth-order valence-electron chi connectivity index (χ4n) is 4.47. The van der Waals surface area contributed by atoms with Crippen molar-refractivity contribution in [3.8, 4) is 5.75 Å². The third-order valence-corrected chi connectivity index (χ3v) is 6.02. The molecule has 5 heteroatoms. The van der Waals surface area contributed by atoms with Crippen LogP contribution in [0.5, 0.6) is 5.75 Å². The van der Waals surface area contributed by atoms with Gasteiger partial charge < -0.3 is 19.9 Å². The van der Waals surface area contributed by atoms with E-state index in [4.69, 9.17) is 10.1 Å². The summed E-state index contributed by atoms with van der Waals surface area (Å²) in [6.07, 6.45) is 7.60. The minimum atomic E-state index is 0.126. The van der Waals surface area contributed by atoms with E-state index in [1.54, 1.807) is 0 Å². The maximum Gasteiger partial charge on any atom is 0.227 e. The van der Waals surface area contributed by atoms with Gasteiger partial charge in [0.25, 0.3) is 0 Å². The zero-order chi connectivity index (χ0) is 19.9. The zero-order valence-electron chi connectivity index (χ0n) is 17.5. The first-order valence-electron chi connectivity index (χ1n) is 10.9. The number of carbonyl (C=O) groups is 1. The number of rotatable bonds is 10. The van der Waals surface area contributed by atoms with E-state index in [1.807, 2.05) is 29.2 Å². The van der Waals surface area contributed by atoms with Gasteiger partial charge in [0.05, 0.1) is 6.61 Å². The maximum absolute atomic E-state index is 12.4. The molecule has 3 rings (SSSR count). The van der Waals surface area contributed by atoms with Crippen LogP contribution in [-0.2, 0) is 4.79 Å². The third kappa shape index (κ3) is 5.34. The number of hydrogen-bond donors (Lipinski definition) is 1. The summed E-state index contributed by atoms with van der Waals surface area (Å²) in [5.41, 5.74) is 1.68. The van der Waals surface area contributed by atoms with Crippen molar-refractivity contribution < 1.29 is 9.53 Å². The molecule has 1 N–H and O–H groups in total. The molecule has 1 aromatic carbocycles. The summed E-state index contributed by atoms with van der Waals surface area (Å²) in [5.74, 6) is 1.03. The average Bonchev–Trinajstić information content (AvgIpc) is 3.25. The summed E-state index contributed by atoms with van der Waals surface area (Å²) < 4.78 is 5.90. The highest BCUT2D eigenvalue weighted by atomic mass is 16.5. The van der Waals surface area contributed by atoms with E-state index in [2.05, 4.69) is 18.7 Å². The summed E-state index contributed by atoms with van der Waals surface area (Å²) in [6.45, 7) is 7.45. The number of hydrogen-bond acceptors (Lipinski definition) is 4. The predicted molar refractivity (Wildman–Crippen MR) is 115 cm³/mol.